The van der Waals surface area contributed by atoms with Gasteiger partial charge in [0.1, 0.15) is 5.92 Å². The molecule has 0 N–H and O–H groups in total. The molecule has 0 spiro atoms. The van der Waals surface area contributed by atoms with Crippen LogP contribution in [0.4, 0.5) is 0 Å². The maximum atomic E-state index is 12.1. The molecule has 0 aliphatic heterocycles. The molecule has 0 rings (SSSR count). The zero-order chi connectivity index (χ0) is 12.7. The number of thioether (sulfide) groups is 1. The van der Waals surface area contributed by atoms with Gasteiger partial charge in [-0.05, 0) is 18.6 Å². The Morgan fingerprint density at radius 2 is 2.06 bits per heavy atom. The molecule has 0 aromatic rings. The van der Waals surface area contributed by atoms with Gasteiger partial charge in [-0.15, -0.1) is 0 Å². The van der Waals surface area contributed by atoms with Gasteiger partial charge in [-0.3, -0.25) is 4.79 Å². The van der Waals surface area contributed by atoms with Crippen molar-refractivity contribution in [1.29, 1.82) is 5.26 Å². The van der Waals surface area contributed by atoms with Gasteiger partial charge in [-0.1, -0.05) is 20.8 Å². The Morgan fingerprint density at radius 3 is 2.38 bits per heavy atom. The van der Waals surface area contributed by atoms with E-state index >= 15 is 0 Å². The Labute approximate surface area is 103 Å². The van der Waals surface area contributed by atoms with Crippen molar-refractivity contribution in [1.82, 2.24) is 4.90 Å². The van der Waals surface area contributed by atoms with Crippen LogP contribution >= 0.6 is 11.8 Å². The van der Waals surface area contributed by atoms with E-state index in [-0.39, 0.29) is 17.9 Å². The molecule has 0 aromatic heterocycles. The summed E-state index contributed by atoms with van der Waals surface area (Å²) in [5.74, 6) is 0.445. The van der Waals surface area contributed by atoms with Crippen LogP contribution in [0, 0.1) is 23.2 Å². The second kappa shape index (κ2) is 7.56. The molecule has 0 fully saturated rings. The molecule has 4 heteroatoms. The lowest BCUT2D eigenvalue weighted by Gasteiger charge is -2.29. The standard InChI is InChI=1S/C12H22N2OS/c1-6-10(8-16-5)14(4)12(15)11(7-13)9(2)3/h9-11H,6,8H2,1-5H3. The summed E-state index contributed by atoms with van der Waals surface area (Å²) in [6.45, 7) is 5.89. The molecule has 1 amide bonds. The summed E-state index contributed by atoms with van der Waals surface area (Å²) in [5.41, 5.74) is 0. The zero-order valence-electron chi connectivity index (χ0n) is 10.9. The highest BCUT2D eigenvalue weighted by Crippen LogP contribution is 2.16. The van der Waals surface area contributed by atoms with Crippen LogP contribution in [-0.2, 0) is 4.79 Å². The molecule has 0 radical (unpaired) electrons. The number of carbonyl (C=O) groups is 1. The first-order chi connectivity index (χ1) is 7.49. The third kappa shape index (κ3) is 4.05. The van der Waals surface area contributed by atoms with Gasteiger partial charge in [0.25, 0.3) is 0 Å². The number of nitrogens with zero attached hydrogens (tertiary/aromatic N) is 2. The number of hydrogen-bond donors (Lipinski definition) is 0. The second-order valence-corrected chi connectivity index (χ2v) is 5.23. The maximum Gasteiger partial charge on any atom is 0.240 e. The first-order valence-electron chi connectivity index (χ1n) is 5.64. The largest absolute Gasteiger partial charge is 0.341 e. The quantitative estimate of drug-likeness (QED) is 0.718. The molecule has 0 aliphatic rings. The smallest absolute Gasteiger partial charge is 0.240 e. The van der Waals surface area contributed by atoms with E-state index in [4.69, 9.17) is 5.26 Å². The van der Waals surface area contributed by atoms with Gasteiger partial charge in [0, 0.05) is 18.8 Å². The molecule has 92 valence electrons. The van der Waals surface area contributed by atoms with Gasteiger partial charge >= 0.3 is 0 Å². The highest BCUT2D eigenvalue weighted by atomic mass is 32.2. The number of amides is 1. The van der Waals surface area contributed by atoms with Gasteiger partial charge in [0.15, 0.2) is 0 Å². The Bertz CT molecular complexity index is 260. The van der Waals surface area contributed by atoms with Crippen LogP contribution in [0.3, 0.4) is 0 Å². The van der Waals surface area contributed by atoms with E-state index < -0.39 is 5.92 Å². The minimum Gasteiger partial charge on any atom is -0.341 e. The molecule has 3 nitrogen and oxygen atoms in total. The summed E-state index contributed by atoms with van der Waals surface area (Å²) in [6.07, 6.45) is 2.96. The summed E-state index contributed by atoms with van der Waals surface area (Å²) < 4.78 is 0. The fraction of sp³-hybridized carbons (Fsp3) is 0.833. The van der Waals surface area contributed by atoms with Crippen LogP contribution in [0.5, 0.6) is 0 Å². The number of rotatable bonds is 6. The van der Waals surface area contributed by atoms with Gasteiger partial charge in [0.05, 0.1) is 6.07 Å². The van der Waals surface area contributed by atoms with E-state index in [1.54, 1.807) is 23.7 Å². The Kier molecular flexibility index (Phi) is 7.24. The molecule has 0 aliphatic carbocycles. The lowest BCUT2D eigenvalue weighted by Crippen LogP contribution is -2.42. The molecule has 0 bridgehead atoms. The Balaban J connectivity index is 4.63. The van der Waals surface area contributed by atoms with Crippen LogP contribution in [-0.4, -0.2) is 35.9 Å². The lowest BCUT2D eigenvalue weighted by molar-refractivity contribution is -0.135. The fourth-order valence-electron chi connectivity index (χ4n) is 1.58. The van der Waals surface area contributed by atoms with Gasteiger partial charge in [0.2, 0.25) is 5.91 Å². The van der Waals surface area contributed by atoms with Crippen molar-refractivity contribution in [2.75, 3.05) is 19.1 Å². The van der Waals surface area contributed by atoms with Crippen molar-refractivity contribution < 1.29 is 4.79 Å². The molecule has 0 heterocycles. The summed E-state index contributed by atoms with van der Waals surface area (Å²) in [4.78, 5) is 13.8. The van der Waals surface area contributed by atoms with E-state index in [2.05, 4.69) is 13.0 Å². The van der Waals surface area contributed by atoms with Crippen molar-refractivity contribution in [2.24, 2.45) is 11.8 Å². The van der Waals surface area contributed by atoms with Crippen LogP contribution in [0.1, 0.15) is 27.2 Å². The highest BCUT2D eigenvalue weighted by Gasteiger charge is 2.28. The molecule has 0 saturated carbocycles. The van der Waals surface area contributed by atoms with Gasteiger partial charge < -0.3 is 4.90 Å². The van der Waals surface area contributed by atoms with Gasteiger partial charge in [-0.25, -0.2) is 0 Å². The average Bonchev–Trinajstić information content (AvgIpc) is 2.25. The minimum absolute atomic E-state index is 0.0431. The Morgan fingerprint density at radius 1 is 1.50 bits per heavy atom. The Hall–Kier alpha value is -0.690. The van der Waals surface area contributed by atoms with Crippen molar-refractivity contribution in [3.8, 4) is 6.07 Å². The van der Waals surface area contributed by atoms with E-state index in [1.165, 1.54) is 0 Å². The molecule has 0 saturated heterocycles. The first kappa shape index (κ1) is 15.3. The molecule has 0 aromatic carbocycles. The van der Waals surface area contributed by atoms with Gasteiger partial charge in [-0.2, -0.15) is 17.0 Å². The summed E-state index contributed by atoms with van der Waals surface area (Å²) in [5, 5.41) is 9.00. The highest BCUT2D eigenvalue weighted by molar-refractivity contribution is 7.98. The van der Waals surface area contributed by atoms with Crippen LogP contribution < -0.4 is 0 Å². The number of carbonyl (C=O) groups excluding carboxylic acids is 1. The van der Waals surface area contributed by atoms with Crippen molar-refractivity contribution in [3.05, 3.63) is 0 Å². The molecular weight excluding hydrogens is 220 g/mol. The summed E-state index contributed by atoms with van der Waals surface area (Å²) >= 11 is 1.73. The van der Waals surface area contributed by atoms with E-state index in [0.717, 1.165) is 12.2 Å². The number of hydrogen-bond acceptors (Lipinski definition) is 3. The van der Waals surface area contributed by atoms with Crippen LogP contribution in [0.2, 0.25) is 0 Å². The third-order valence-electron chi connectivity index (χ3n) is 2.80. The molecular formula is C12H22N2OS. The predicted octanol–water partition coefficient (Wildman–Crippen LogP) is 2.38. The van der Waals surface area contributed by atoms with Crippen LogP contribution in [0.25, 0.3) is 0 Å². The van der Waals surface area contributed by atoms with Crippen molar-refractivity contribution >= 4 is 17.7 Å². The van der Waals surface area contributed by atoms with Crippen molar-refractivity contribution in [3.63, 3.8) is 0 Å². The summed E-state index contributed by atoms with van der Waals surface area (Å²) in [7, 11) is 1.80. The maximum absolute atomic E-state index is 12.1. The van der Waals surface area contributed by atoms with Crippen LogP contribution in [0.15, 0.2) is 0 Å². The third-order valence-corrected chi connectivity index (χ3v) is 3.52. The minimum atomic E-state index is -0.513. The molecule has 16 heavy (non-hydrogen) atoms. The normalized spacial score (nSPS) is 14.3. The molecule has 2 unspecified atom stereocenters. The fourth-order valence-corrected chi connectivity index (χ4v) is 2.43. The van der Waals surface area contributed by atoms with Crippen molar-refractivity contribution in [2.45, 2.75) is 33.2 Å². The predicted molar refractivity (Wildman–Crippen MR) is 69.2 cm³/mol. The lowest BCUT2D eigenvalue weighted by atomic mass is 9.95. The van der Waals surface area contributed by atoms with E-state index in [9.17, 15) is 4.79 Å². The second-order valence-electron chi connectivity index (χ2n) is 4.32. The summed E-state index contributed by atoms with van der Waals surface area (Å²) in [6, 6.07) is 2.34. The average molecular weight is 242 g/mol. The SMILES string of the molecule is CCC(CSC)N(C)C(=O)C(C#N)C(C)C. The topological polar surface area (TPSA) is 44.1 Å². The zero-order valence-corrected chi connectivity index (χ0v) is 11.7. The first-order valence-corrected chi connectivity index (χ1v) is 7.04. The molecule has 2 atom stereocenters. The van der Waals surface area contributed by atoms with E-state index in [1.807, 2.05) is 20.1 Å². The monoisotopic (exact) mass is 242 g/mol. The van der Waals surface area contributed by atoms with E-state index in [0.29, 0.717) is 0 Å². The number of nitriles is 1.